The summed E-state index contributed by atoms with van der Waals surface area (Å²) in [5.74, 6) is -0.231. The van der Waals surface area contributed by atoms with Gasteiger partial charge in [0.25, 0.3) is 5.91 Å². The van der Waals surface area contributed by atoms with E-state index in [1.807, 2.05) is 6.92 Å². The molecule has 0 unspecified atom stereocenters. The largest absolute Gasteiger partial charge is 0.493 e. The molecular formula is C18H25NO5. The quantitative estimate of drug-likeness (QED) is 0.865. The van der Waals surface area contributed by atoms with Crippen LogP contribution in [0.2, 0.25) is 0 Å². The van der Waals surface area contributed by atoms with Gasteiger partial charge in [0.15, 0.2) is 11.5 Å². The van der Waals surface area contributed by atoms with E-state index in [9.17, 15) is 14.7 Å². The summed E-state index contributed by atoms with van der Waals surface area (Å²) in [6, 6.07) is 4.92. The summed E-state index contributed by atoms with van der Waals surface area (Å²) in [5, 5.41) is 9.73. The summed E-state index contributed by atoms with van der Waals surface area (Å²) < 4.78 is 10.7. The molecule has 24 heavy (non-hydrogen) atoms. The first kappa shape index (κ1) is 18.1. The third kappa shape index (κ3) is 3.32. The predicted molar refractivity (Wildman–Crippen MR) is 89.7 cm³/mol. The summed E-state index contributed by atoms with van der Waals surface area (Å²) in [4.78, 5) is 26.1. The molecule has 0 heterocycles. The summed E-state index contributed by atoms with van der Waals surface area (Å²) in [5.41, 5.74) is -0.731. The Balaban J connectivity index is 2.31. The number of ether oxygens (including phenoxy) is 2. The van der Waals surface area contributed by atoms with Gasteiger partial charge in [-0.3, -0.25) is 4.79 Å². The van der Waals surface area contributed by atoms with E-state index in [1.54, 1.807) is 25.2 Å². The van der Waals surface area contributed by atoms with Crippen molar-refractivity contribution >= 4 is 11.9 Å². The van der Waals surface area contributed by atoms with E-state index in [4.69, 9.17) is 9.47 Å². The van der Waals surface area contributed by atoms with E-state index < -0.39 is 11.5 Å². The molecule has 0 aliphatic heterocycles. The number of aliphatic carboxylic acids is 1. The number of nitrogens with zero attached hydrogens (tertiary/aromatic N) is 1. The Labute approximate surface area is 142 Å². The van der Waals surface area contributed by atoms with Gasteiger partial charge in [0.05, 0.1) is 13.7 Å². The fourth-order valence-electron chi connectivity index (χ4n) is 3.29. The highest BCUT2D eigenvalue weighted by Gasteiger charge is 2.45. The highest BCUT2D eigenvalue weighted by atomic mass is 16.5. The fraction of sp³-hybridized carbons (Fsp3) is 0.556. The molecular weight excluding hydrogens is 310 g/mol. The number of carboxylic acid groups (broad SMARTS) is 1. The Kier molecular flexibility index (Phi) is 5.70. The first-order valence-corrected chi connectivity index (χ1v) is 8.28. The van der Waals surface area contributed by atoms with Gasteiger partial charge in [-0.15, -0.1) is 0 Å². The van der Waals surface area contributed by atoms with Gasteiger partial charge in [-0.25, -0.2) is 4.79 Å². The first-order chi connectivity index (χ1) is 11.5. The summed E-state index contributed by atoms with van der Waals surface area (Å²) in [6.45, 7) is 2.36. The van der Waals surface area contributed by atoms with Crippen LogP contribution in [0.1, 0.15) is 49.4 Å². The zero-order chi connectivity index (χ0) is 17.7. The van der Waals surface area contributed by atoms with Gasteiger partial charge in [0, 0.05) is 12.6 Å². The van der Waals surface area contributed by atoms with Crippen molar-refractivity contribution in [3.63, 3.8) is 0 Å². The summed E-state index contributed by atoms with van der Waals surface area (Å²) >= 11 is 0. The Morgan fingerprint density at radius 3 is 2.42 bits per heavy atom. The fourth-order valence-corrected chi connectivity index (χ4v) is 3.29. The van der Waals surface area contributed by atoms with Crippen molar-refractivity contribution in [1.29, 1.82) is 0 Å². The molecule has 1 N–H and O–H groups in total. The maximum absolute atomic E-state index is 12.9. The zero-order valence-electron chi connectivity index (χ0n) is 14.5. The Morgan fingerprint density at radius 1 is 1.21 bits per heavy atom. The molecule has 0 bridgehead atoms. The lowest BCUT2D eigenvalue weighted by atomic mass is 9.80. The van der Waals surface area contributed by atoms with Gasteiger partial charge in [-0.05, 0) is 38.0 Å². The second-order valence-electron chi connectivity index (χ2n) is 6.06. The van der Waals surface area contributed by atoms with Crippen molar-refractivity contribution in [2.24, 2.45) is 0 Å². The third-order valence-corrected chi connectivity index (χ3v) is 4.74. The van der Waals surface area contributed by atoms with Crippen molar-refractivity contribution in [3.8, 4) is 11.5 Å². The van der Waals surface area contributed by atoms with E-state index >= 15 is 0 Å². The Hall–Kier alpha value is -2.24. The monoisotopic (exact) mass is 335 g/mol. The molecule has 6 nitrogen and oxygen atoms in total. The zero-order valence-corrected chi connectivity index (χ0v) is 14.5. The van der Waals surface area contributed by atoms with Crippen LogP contribution in [0.5, 0.6) is 11.5 Å². The van der Waals surface area contributed by atoms with Gasteiger partial charge in [-0.1, -0.05) is 19.3 Å². The summed E-state index contributed by atoms with van der Waals surface area (Å²) in [6.07, 6.45) is 3.61. The van der Waals surface area contributed by atoms with Crippen molar-refractivity contribution in [3.05, 3.63) is 23.8 Å². The smallest absolute Gasteiger partial charge is 0.329 e. The van der Waals surface area contributed by atoms with Crippen LogP contribution in [-0.4, -0.2) is 48.2 Å². The predicted octanol–water partition coefficient (Wildman–Crippen LogP) is 2.95. The number of hydrogen-bond acceptors (Lipinski definition) is 4. The van der Waals surface area contributed by atoms with E-state index in [0.717, 1.165) is 19.3 Å². The number of carboxylic acids is 1. The number of carbonyl (C=O) groups excluding carboxylic acids is 1. The Morgan fingerprint density at radius 2 is 1.88 bits per heavy atom. The molecule has 2 rings (SSSR count). The molecule has 0 saturated heterocycles. The van der Waals surface area contributed by atoms with Gasteiger partial charge in [0.2, 0.25) is 0 Å². The topological polar surface area (TPSA) is 76.1 Å². The number of rotatable bonds is 6. The van der Waals surface area contributed by atoms with Crippen LogP contribution >= 0.6 is 0 Å². The third-order valence-electron chi connectivity index (χ3n) is 4.74. The molecule has 0 atom stereocenters. The maximum Gasteiger partial charge on any atom is 0.329 e. The number of likely N-dealkylation sites (N-methyl/N-ethyl adjacent to an activating group) is 1. The molecule has 0 aromatic heterocycles. The van der Waals surface area contributed by atoms with Crippen molar-refractivity contribution < 1.29 is 24.2 Å². The second-order valence-corrected chi connectivity index (χ2v) is 6.06. The number of benzene rings is 1. The molecule has 1 fully saturated rings. The van der Waals surface area contributed by atoms with Crippen LogP contribution < -0.4 is 9.47 Å². The molecule has 1 amide bonds. The van der Waals surface area contributed by atoms with Crippen LogP contribution in [-0.2, 0) is 4.79 Å². The molecule has 0 radical (unpaired) electrons. The molecule has 132 valence electrons. The van der Waals surface area contributed by atoms with Gasteiger partial charge < -0.3 is 19.5 Å². The number of methoxy groups -OCH3 is 1. The van der Waals surface area contributed by atoms with Gasteiger partial charge >= 0.3 is 5.97 Å². The van der Waals surface area contributed by atoms with E-state index in [1.165, 1.54) is 12.0 Å². The van der Waals surface area contributed by atoms with Gasteiger partial charge in [0.1, 0.15) is 5.54 Å². The maximum atomic E-state index is 12.9. The normalized spacial score (nSPS) is 16.3. The van der Waals surface area contributed by atoms with Gasteiger partial charge in [-0.2, -0.15) is 0 Å². The van der Waals surface area contributed by atoms with Crippen molar-refractivity contribution in [2.75, 3.05) is 20.8 Å². The first-order valence-electron chi connectivity index (χ1n) is 8.28. The van der Waals surface area contributed by atoms with Crippen LogP contribution in [0.25, 0.3) is 0 Å². The number of hydrogen-bond donors (Lipinski definition) is 1. The molecule has 1 saturated carbocycles. The van der Waals surface area contributed by atoms with E-state index in [0.29, 0.717) is 36.5 Å². The minimum atomic E-state index is -1.12. The van der Waals surface area contributed by atoms with Crippen LogP contribution in [0.4, 0.5) is 0 Å². The molecule has 1 aliphatic carbocycles. The van der Waals surface area contributed by atoms with Crippen LogP contribution in [0.3, 0.4) is 0 Å². The highest BCUT2D eigenvalue weighted by molar-refractivity contribution is 5.98. The second kappa shape index (κ2) is 7.55. The molecule has 1 aliphatic rings. The molecule has 1 aromatic rings. The van der Waals surface area contributed by atoms with Crippen molar-refractivity contribution in [2.45, 2.75) is 44.6 Å². The minimum absolute atomic E-state index is 0.319. The average molecular weight is 335 g/mol. The average Bonchev–Trinajstić information content (AvgIpc) is 2.61. The SMILES string of the molecule is CCOc1ccc(C(=O)N(C)C2(C(=O)O)CCCCC2)cc1OC. The minimum Gasteiger partial charge on any atom is -0.493 e. The lowest BCUT2D eigenvalue weighted by molar-refractivity contribution is -0.151. The molecule has 6 heteroatoms. The summed E-state index contributed by atoms with van der Waals surface area (Å²) in [7, 11) is 3.08. The Bertz CT molecular complexity index is 607. The van der Waals surface area contributed by atoms with Crippen LogP contribution in [0.15, 0.2) is 18.2 Å². The lowest BCUT2D eigenvalue weighted by Crippen LogP contribution is -2.56. The number of amides is 1. The van der Waals surface area contributed by atoms with E-state index in [2.05, 4.69) is 0 Å². The van der Waals surface area contributed by atoms with Crippen LogP contribution in [0, 0.1) is 0 Å². The molecule has 0 spiro atoms. The van der Waals surface area contributed by atoms with E-state index in [-0.39, 0.29) is 5.91 Å². The highest BCUT2D eigenvalue weighted by Crippen LogP contribution is 2.35. The number of carbonyl (C=O) groups is 2. The molecule has 1 aromatic carbocycles. The lowest BCUT2D eigenvalue weighted by Gasteiger charge is -2.41. The standard InChI is InChI=1S/C18H25NO5/c1-4-24-14-9-8-13(12-15(14)23-3)16(20)19(2)18(17(21)22)10-6-5-7-11-18/h8-9,12H,4-7,10-11H2,1-3H3,(H,21,22). The van der Waals surface area contributed by atoms with Crippen molar-refractivity contribution in [1.82, 2.24) is 4.90 Å².